The smallest absolute Gasteiger partial charge is 0.321 e. The van der Waals surface area contributed by atoms with E-state index in [4.69, 9.17) is 4.74 Å². The van der Waals surface area contributed by atoms with Crippen LogP contribution in [0.3, 0.4) is 0 Å². The van der Waals surface area contributed by atoms with Gasteiger partial charge in [0.15, 0.2) is 5.13 Å². The third-order valence-electron chi connectivity index (χ3n) is 4.48. The van der Waals surface area contributed by atoms with E-state index in [-0.39, 0.29) is 24.2 Å². The van der Waals surface area contributed by atoms with Crippen LogP contribution in [-0.4, -0.2) is 41.4 Å². The number of hydrogen-bond donors (Lipinski definition) is 3. The summed E-state index contributed by atoms with van der Waals surface area (Å²) in [4.78, 5) is 52.7. The molecule has 1 aromatic rings. The molecule has 140 valence electrons. The number of imide groups is 1. The summed E-state index contributed by atoms with van der Waals surface area (Å²) in [6.07, 6.45) is 1.32. The molecule has 3 atom stereocenters. The Morgan fingerprint density at radius 2 is 2.15 bits per heavy atom. The molecule has 9 nitrogen and oxygen atoms in total. The minimum Gasteiger partial charge on any atom is -0.465 e. The molecule has 1 aromatic heterocycles. The fourth-order valence-corrected chi connectivity index (χ4v) is 4.22. The molecule has 3 unspecified atom stereocenters. The number of nitrogens with one attached hydrogen (secondary N) is 3. The second-order valence-electron chi connectivity index (χ2n) is 6.28. The van der Waals surface area contributed by atoms with Gasteiger partial charge < -0.3 is 15.4 Å². The van der Waals surface area contributed by atoms with Crippen LogP contribution < -0.4 is 16.0 Å². The second-order valence-corrected chi connectivity index (χ2v) is 7.36. The van der Waals surface area contributed by atoms with Gasteiger partial charge in [0.05, 0.1) is 18.2 Å². The van der Waals surface area contributed by atoms with E-state index < -0.39 is 23.9 Å². The zero-order valence-corrected chi connectivity index (χ0v) is 15.3. The number of aromatic nitrogens is 1. The number of nitrogens with zero attached hydrogens (tertiary/aromatic N) is 1. The van der Waals surface area contributed by atoms with Crippen LogP contribution >= 0.6 is 11.3 Å². The lowest BCUT2D eigenvalue weighted by molar-refractivity contribution is -0.145. The third kappa shape index (κ3) is 3.69. The Balaban J connectivity index is 1.62. The van der Waals surface area contributed by atoms with Crippen molar-refractivity contribution in [2.75, 3.05) is 11.9 Å². The van der Waals surface area contributed by atoms with E-state index in [1.165, 1.54) is 11.3 Å². The highest BCUT2D eigenvalue weighted by atomic mass is 32.1. The SMILES string of the molecule is CCOC(=O)C1CCc2sc(NC(=O)CC3C(=O)NC(=O)NC3C)nc21. The van der Waals surface area contributed by atoms with Crippen LogP contribution in [-0.2, 0) is 25.5 Å². The highest BCUT2D eigenvalue weighted by Crippen LogP contribution is 2.39. The fourth-order valence-electron chi connectivity index (χ4n) is 3.17. The standard InChI is InChI=1S/C16H20N4O5S/c1-3-25-14(23)8-4-5-10-12(8)19-16(26-10)18-11(21)6-9-7(2)17-15(24)20-13(9)22/h7-9H,3-6H2,1-2H3,(H,18,19,21)(H2,17,20,22,24). The average molecular weight is 380 g/mol. The normalized spacial score (nSPS) is 24.5. The fraction of sp³-hybridized carbons (Fsp3) is 0.562. The first-order chi connectivity index (χ1) is 12.4. The summed E-state index contributed by atoms with van der Waals surface area (Å²) in [5.74, 6) is -2.16. The Labute approximate surface area is 153 Å². The van der Waals surface area contributed by atoms with Crippen molar-refractivity contribution in [3.8, 4) is 0 Å². The molecule has 0 aromatic carbocycles. The van der Waals surface area contributed by atoms with Crippen LogP contribution in [0.1, 0.15) is 43.2 Å². The van der Waals surface area contributed by atoms with Crippen molar-refractivity contribution in [3.63, 3.8) is 0 Å². The van der Waals surface area contributed by atoms with Gasteiger partial charge in [0.1, 0.15) is 5.92 Å². The van der Waals surface area contributed by atoms with Crippen molar-refractivity contribution in [1.29, 1.82) is 0 Å². The highest BCUT2D eigenvalue weighted by Gasteiger charge is 2.36. The van der Waals surface area contributed by atoms with Crippen molar-refractivity contribution < 1.29 is 23.9 Å². The molecular formula is C16H20N4O5S. The first-order valence-electron chi connectivity index (χ1n) is 8.46. The lowest BCUT2D eigenvalue weighted by Gasteiger charge is -2.28. The van der Waals surface area contributed by atoms with Crippen LogP contribution in [0.5, 0.6) is 0 Å². The molecule has 1 saturated heterocycles. The number of anilines is 1. The summed E-state index contributed by atoms with van der Waals surface area (Å²) in [6.45, 7) is 3.75. The summed E-state index contributed by atoms with van der Waals surface area (Å²) in [5, 5.41) is 7.82. The van der Waals surface area contributed by atoms with Gasteiger partial charge in [-0.25, -0.2) is 9.78 Å². The number of carbonyl (C=O) groups is 4. The monoisotopic (exact) mass is 380 g/mol. The molecule has 4 amide bonds. The maximum Gasteiger partial charge on any atom is 0.321 e. The molecular weight excluding hydrogens is 360 g/mol. The first kappa shape index (κ1) is 18.3. The van der Waals surface area contributed by atoms with Gasteiger partial charge in [-0.1, -0.05) is 0 Å². The van der Waals surface area contributed by atoms with Gasteiger partial charge in [0, 0.05) is 17.3 Å². The molecule has 0 spiro atoms. The van der Waals surface area contributed by atoms with Crippen molar-refractivity contribution in [3.05, 3.63) is 10.6 Å². The number of amides is 4. The maximum absolute atomic E-state index is 12.3. The summed E-state index contributed by atoms with van der Waals surface area (Å²) in [5.41, 5.74) is 0.666. The molecule has 0 bridgehead atoms. The van der Waals surface area contributed by atoms with Crippen LogP contribution in [0.2, 0.25) is 0 Å². The van der Waals surface area contributed by atoms with Gasteiger partial charge in [-0.15, -0.1) is 11.3 Å². The molecule has 2 heterocycles. The van der Waals surface area contributed by atoms with Crippen molar-refractivity contribution in [1.82, 2.24) is 15.6 Å². The molecule has 3 rings (SSSR count). The topological polar surface area (TPSA) is 126 Å². The Morgan fingerprint density at radius 3 is 2.85 bits per heavy atom. The third-order valence-corrected chi connectivity index (χ3v) is 5.52. The molecule has 0 radical (unpaired) electrons. The second kappa shape index (κ2) is 7.40. The lowest BCUT2D eigenvalue weighted by Crippen LogP contribution is -2.57. The molecule has 2 aliphatic rings. The molecule has 10 heteroatoms. The van der Waals surface area contributed by atoms with E-state index in [0.29, 0.717) is 23.9 Å². The maximum atomic E-state index is 12.3. The molecule has 3 N–H and O–H groups in total. The Kier molecular flexibility index (Phi) is 5.21. The molecule has 0 saturated carbocycles. The number of aryl methyl sites for hydroxylation is 1. The Hall–Kier alpha value is -2.49. The summed E-state index contributed by atoms with van der Waals surface area (Å²) in [6, 6.07) is -0.989. The van der Waals surface area contributed by atoms with Crippen LogP contribution in [0.4, 0.5) is 9.93 Å². The lowest BCUT2D eigenvalue weighted by atomic mass is 9.94. The van der Waals surface area contributed by atoms with E-state index in [2.05, 4.69) is 20.9 Å². The number of rotatable bonds is 5. The van der Waals surface area contributed by atoms with Gasteiger partial charge in [-0.3, -0.25) is 19.7 Å². The van der Waals surface area contributed by atoms with Gasteiger partial charge >= 0.3 is 12.0 Å². The Morgan fingerprint density at radius 1 is 1.38 bits per heavy atom. The quantitative estimate of drug-likeness (QED) is 0.652. The number of thiazole rings is 1. The predicted molar refractivity (Wildman–Crippen MR) is 92.7 cm³/mol. The molecule has 26 heavy (non-hydrogen) atoms. The van der Waals surface area contributed by atoms with Crippen molar-refractivity contribution in [2.24, 2.45) is 5.92 Å². The van der Waals surface area contributed by atoms with E-state index in [1.807, 2.05) is 0 Å². The minimum atomic E-state index is -0.646. The summed E-state index contributed by atoms with van der Waals surface area (Å²) in [7, 11) is 0. The van der Waals surface area contributed by atoms with Crippen LogP contribution in [0, 0.1) is 5.92 Å². The van der Waals surface area contributed by atoms with Gasteiger partial charge in [0.25, 0.3) is 0 Å². The van der Waals surface area contributed by atoms with E-state index >= 15 is 0 Å². The summed E-state index contributed by atoms with van der Waals surface area (Å²) >= 11 is 1.33. The number of urea groups is 1. The zero-order valence-electron chi connectivity index (χ0n) is 14.5. The molecule has 1 fully saturated rings. The van der Waals surface area contributed by atoms with Gasteiger partial charge in [-0.2, -0.15) is 0 Å². The number of fused-ring (bicyclic) bond motifs is 1. The number of carbonyl (C=O) groups excluding carboxylic acids is 4. The van der Waals surface area contributed by atoms with Crippen molar-refractivity contribution in [2.45, 2.75) is 45.1 Å². The van der Waals surface area contributed by atoms with Crippen LogP contribution in [0.15, 0.2) is 0 Å². The van der Waals surface area contributed by atoms with Crippen molar-refractivity contribution >= 4 is 40.3 Å². The predicted octanol–water partition coefficient (Wildman–Crippen LogP) is 0.909. The summed E-state index contributed by atoms with van der Waals surface area (Å²) < 4.78 is 5.07. The average Bonchev–Trinajstić information content (AvgIpc) is 3.10. The highest BCUT2D eigenvalue weighted by molar-refractivity contribution is 7.16. The first-order valence-corrected chi connectivity index (χ1v) is 9.28. The minimum absolute atomic E-state index is 0.0706. The number of esters is 1. The number of hydrogen-bond acceptors (Lipinski definition) is 7. The Bertz CT molecular complexity index is 762. The molecule has 1 aliphatic carbocycles. The largest absolute Gasteiger partial charge is 0.465 e. The van der Waals surface area contributed by atoms with E-state index in [0.717, 1.165) is 11.3 Å². The number of ether oxygens (including phenoxy) is 1. The van der Waals surface area contributed by atoms with E-state index in [1.54, 1.807) is 13.8 Å². The zero-order chi connectivity index (χ0) is 18.8. The van der Waals surface area contributed by atoms with E-state index in [9.17, 15) is 19.2 Å². The van der Waals surface area contributed by atoms with Gasteiger partial charge in [-0.05, 0) is 26.7 Å². The van der Waals surface area contributed by atoms with Crippen LogP contribution in [0.25, 0.3) is 0 Å². The van der Waals surface area contributed by atoms with Gasteiger partial charge in [0.2, 0.25) is 11.8 Å². The molecule has 1 aliphatic heterocycles.